The van der Waals surface area contributed by atoms with Crippen LogP contribution in [-0.4, -0.2) is 10.2 Å². The minimum atomic E-state index is 0.0795. The van der Waals surface area contributed by atoms with Crippen molar-refractivity contribution in [1.82, 2.24) is 0 Å². The molecule has 0 heterocycles. The van der Waals surface area contributed by atoms with Crippen molar-refractivity contribution < 1.29 is 10.2 Å². The van der Waals surface area contributed by atoms with Crippen molar-refractivity contribution >= 4 is 11.8 Å². The summed E-state index contributed by atoms with van der Waals surface area (Å²) in [7, 11) is 0. The van der Waals surface area contributed by atoms with E-state index in [-0.39, 0.29) is 13.2 Å². The molecule has 0 unspecified atom stereocenters. The van der Waals surface area contributed by atoms with Crippen LogP contribution in [0.25, 0.3) is 0 Å². The van der Waals surface area contributed by atoms with Gasteiger partial charge in [-0.3, -0.25) is 0 Å². The molecule has 0 amide bonds. The second kappa shape index (κ2) is 5.87. The molecule has 0 aromatic heterocycles. The third-order valence-electron chi connectivity index (χ3n) is 2.45. The smallest absolute Gasteiger partial charge is 0.0681 e. The van der Waals surface area contributed by atoms with E-state index in [0.29, 0.717) is 0 Å². The number of rotatable bonds is 4. The van der Waals surface area contributed by atoms with Crippen LogP contribution in [0.5, 0.6) is 0 Å². The van der Waals surface area contributed by atoms with E-state index in [2.05, 4.69) is 0 Å². The van der Waals surface area contributed by atoms with Gasteiger partial charge in [-0.25, -0.2) is 0 Å². The molecule has 0 bridgehead atoms. The lowest BCUT2D eigenvalue weighted by atomic mass is 10.2. The molecule has 0 saturated carbocycles. The Morgan fingerprint density at radius 2 is 1.00 bits per heavy atom. The largest absolute Gasteiger partial charge is 0.392 e. The van der Waals surface area contributed by atoms with Gasteiger partial charge in [0.05, 0.1) is 13.2 Å². The zero-order valence-corrected chi connectivity index (χ0v) is 10.2. The first-order valence-corrected chi connectivity index (χ1v) is 6.21. The Labute approximate surface area is 105 Å². The Morgan fingerprint density at radius 1 is 0.647 bits per heavy atom. The van der Waals surface area contributed by atoms with E-state index in [9.17, 15) is 0 Å². The Hall–Kier alpha value is -1.29. The van der Waals surface area contributed by atoms with Crippen molar-refractivity contribution in [2.24, 2.45) is 0 Å². The number of benzene rings is 2. The van der Waals surface area contributed by atoms with Crippen molar-refractivity contribution in [3.8, 4) is 0 Å². The van der Waals surface area contributed by atoms with Crippen LogP contribution < -0.4 is 0 Å². The van der Waals surface area contributed by atoms with E-state index < -0.39 is 0 Å². The van der Waals surface area contributed by atoms with Crippen LogP contribution in [-0.2, 0) is 13.2 Å². The quantitative estimate of drug-likeness (QED) is 0.871. The van der Waals surface area contributed by atoms with Gasteiger partial charge in [-0.2, -0.15) is 0 Å². The highest BCUT2D eigenvalue weighted by molar-refractivity contribution is 7.99. The van der Waals surface area contributed by atoms with Gasteiger partial charge >= 0.3 is 0 Å². The molecular formula is C14H14O2S. The van der Waals surface area contributed by atoms with Crippen LogP contribution in [0.3, 0.4) is 0 Å². The summed E-state index contributed by atoms with van der Waals surface area (Å²) in [6, 6.07) is 15.7. The molecule has 88 valence electrons. The first-order valence-electron chi connectivity index (χ1n) is 5.39. The van der Waals surface area contributed by atoms with Crippen LogP contribution in [0.1, 0.15) is 11.1 Å². The molecule has 0 aliphatic rings. The highest BCUT2D eigenvalue weighted by Crippen LogP contribution is 2.27. The summed E-state index contributed by atoms with van der Waals surface area (Å²) in [5.41, 5.74) is 1.84. The van der Waals surface area contributed by atoms with Gasteiger partial charge in [-0.05, 0) is 35.4 Å². The molecule has 2 rings (SSSR count). The lowest BCUT2D eigenvalue weighted by molar-refractivity contribution is 0.281. The van der Waals surface area contributed by atoms with Gasteiger partial charge in [-0.15, -0.1) is 0 Å². The molecule has 0 radical (unpaired) electrons. The average molecular weight is 246 g/mol. The van der Waals surface area contributed by atoms with Gasteiger partial charge in [0.25, 0.3) is 0 Å². The molecule has 0 fully saturated rings. The first-order chi connectivity index (χ1) is 8.31. The van der Waals surface area contributed by atoms with Gasteiger partial charge < -0.3 is 10.2 Å². The molecule has 0 spiro atoms. The zero-order chi connectivity index (χ0) is 12.1. The molecule has 2 N–H and O–H groups in total. The maximum Gasteiger partial charge on any atom is 0.0681 e. The van der Waals surface area contributed by atoms with Crippen LogP contribution in [0, 0.1) is 0 Å². The standard InChI is InChI=1S/C14H14O2S/c15-9-11-1-5-13(6-2-11)17-14-7-3-12(10-16)4-8-14/h1-8,15-16H,9-10H2. The van der Waals surface area contributed by atoms with Gasteiger partial charge in [-0.1, -0.05) is 36.0 Å². The summed E-state index contributed by atoms with van der Waals surface area (Å²) in [5.74, 6) is 0. The first kappa shape index (κ1) is 12.2. The molecule has 0 aliphatic heterocycles. The predicted octanol–water partition coefficient (Wildman–Crippen LogP) is 2.82. The summed E-state index contributed by atoms with van der Waals surface area (Å²) in [6.45, 7) is 0.159. The van der Waals surface area contributed by atoms with E-state index in [0.717, 1.165) is 20.9 Å². The van der Waals surface area contributed by atoms with Gasteiger partial charge in [0.1, 0.15) is 0 Å². The third-order valence-corrected chi connectivity index (χ3v) is 3.46. The van der Waals surface area contributed by atoms with Crippen LogP contribution in [0.4, 0.5) is 0 Å². The monoisotopic (exact) mass is 246 g/mol. The second-order valence-corrected chi connectivity index (χ2v) is 4.85. The van der Waals surface area contributed by atoms with Gasteiger partial charge in [0, 0.05) is 9.79 Å². The van der Waals surface area contributed by atoms with Crippen molar-refractivity contribution in [1.29, 1.82) is 0 Å². The summed E-state index contributed by atoms with van der Waals surface area (Å²) in [4.78, 5) is 2.28. The average Bonchev–Trinajstić information content (AvgIpc) is 2.40. The lowest BCUT2D eigenvalue weighted by Gasteiger charge is -2.03. The molecule has 17 heavy (non-hydrogen) atoms. The van der Waals surface area contributed by atoms with Crippen LogP contribution in [0.2, 0.25) is 0 Å². The molecule has 2 nitrogen and oxygen atoms in total. The topological polar surface area (TPSA) is 40.5 Å². The lowest BCUT2D eigenvalue weighted by Crippen LogP contribution is -1.83. The highest BCUT2D eigenvalue weighted by Gasteiger charge is 1.98. The minimum absolute atomic E-state index is 0.0795. The number of hydrogen-bond acceptors (Lipinski definition) is 3. The fraction of sp³-hybridized carbons (Fsp3) is 0.143. The van der Waals surface area contributed by atoms with E-state index in [1.165, 1.54) is 0 Å². The minimum Gasteiger partial charge on any atom is -0.392 e. The van der Waals surface area contributed by atoms with Crippen molar-refractivity contribution in [3.05, 3.63) is 59.7 Å². The number of aliphatic hydroxyl groups is 2. The van der Waals surface area contributed by atoms with Crippen LogP contribution in [0.15, 0.2) is 58.3 Å². The Balaban J connectivity index is 2.08. The third kappa shape index (κ3) is 3.33. The molecule has 0 aliphatic carbocycles. The van der Waals surface area contributed by atoms with E-state index >= 15 is 0 Å². The normalized spacial score (nSPS) is 10.5. The Morgan fingerprint density at radius 3 is 1.29 bits per heavy atom. The summed E-state index contributed by atoms with van der Waals surface area (Å²) < 4.78 is 0. The van der Waals surface area contributed by atoms with E-state index in [4.69, 9.17) is 10.2 Å². The highest BCUT2D eigenvalue weighted by atomic mass is 32.2. The molecule has 2 aromatic rings. The summed E-state index contributed by atoms with van der Waals surface area (Å²) in [5, 5.41) is 17.9. The van der Waals surface area contributed by atoms with Crippen molar-refractivity contribution in [2.75, 3.05) is 0 Å². The maximum absolute atomic E-state index is 8.95. The fourth-order valence-corrected chi connectivity index (χ4v) is 2.28. The summed E-state index contributed by atoms with van der Waals surface area (Å²) in [6.07, 6.45) is 0. The van der Waals surface area contributed by atoms with Gasteiger partial charge in [0.2, 0.25) is 0 Å². The predicted molar refractivity (Wildman–Crippen MR) is 68.9 cm³/mol. The van der Waals surface area contributed by atoms with Gasteiger partial charge in [0.15, 0.2) is 0 Å². The number of hydrogen-bond donors (Lipinski definition) is 2. The molecule has 0 saturated heterocycles. The summed E-state index contributed by atoms with van der Waals surface area (Å²) >= 11 is 1.66. The second-order valence-electron chi connectivity index (χ2n) is 3.71. The zero-order valence-electron chi connectivity index (χ0n) is 9.34. The van der Waals surface area contributed by atoms with Crippen molar-refractivity contribution in [2.45, 2.75) is 23.0 Å². The maximum atomic E-state index is 8.95. The molecular weight excluding hydrogens is 232 g/mol. The Kier molecular flexibility index (Phi) is 4.20. The molecule has 2 aromatic carbocycles. The van der Waals surface area contributed by atoms with E-state index in [1.807, 2.05) is 48.5 Å². The fourth-order valence-electron chi connectivity index (χ4n) is 1.46. The molecule has 3 heteroatoms. The van der Waals surface area contributed by atoms with Crippen LogP contribution >= 0.6 is 11.8 Å². The van der Waals surface area contributed by atoms with E-state index in [1.54, 1.807) is 11.8 Å². The molecule has 0 atom stereocenters. The van der Waals surface area contributed by atoms with Crippen molar-refractivity contribution in [3.63, 3.8) is 0 Å². The Bertz CT molecular complexity index is 417. The SMILES string of the molecule is OCc1ccc(Sc2ccc(CO)cc2)cc1. The number of aliphatic hydroxyl groups excluding tert-OH is 2.